The molecule has 1 unspecified atom stereocenters. The maximum atomic E-state index is 9.72. The highest BCUT2D eigenvalue weighted by atomic mass is 16.3. The molecule has 6 heteroatoms. The number of nitriles is 1. The molecule has 0 amide bonds. The average molecular weight is 450 g/mol. The van der Waals surface area contributed by atoms with Gasteiger partial charge in [0.2, 0.25) is 0 Å². The van der Waals surface area contributed by atoms with Crippen LogP contribution in [0.25, 0.3) is 23.1 Å². The van der Waals surface area contributed by atoms with E-state index in [0.29, 0.717) is 5.56 Å². The number of likely N-dealkylation sites (tertiary alicyclic amines) is 1. The van der Waals surface area contributed by atoms with Crippen molar-refractivity contribution in [1.29, 1.82) is 5.26 Å². The molecule has 0 bridgehead atoms. The van der Waals surface area contributed by atoms with Crippen molar-refractivity contribution in [3.05, 3.63) is 88.9 Å². The number of aryl methyl sites for hydroxylation is 1. The third-order valence-corrected chi connectivity index (χ3v) is 6.45. The summed E-state index contributed by atoms with van der Waals surface area (Å²) in [7, 11) is 0. The summed E-state index contributed by atoms with van der Waals surface area (Å²) >= 11 is 0. The molecule has 1 saturated heterocycles. The Labute approximate surface area is 199 Å². The van der Waals surface area contributed by atoms with Crippen LogP contribution in [0.5, 0.6) is 0 Å². The SMILES string of the molecule is Cc1c(Nc2c(C#N)cncc2/C=C/c2ccc(CN3CCC(O)C3)cc2)ccc2[nH]ccc12. The van der Waals surface area contributed by atoms with E-state index in [2.05, 4.69) is 63.5 Å². The second-order valence-electron chi connectivity index (χ2n) is 8.82. The Morgan fingerprint density at radius 1 is 1.18 bits per heavy atom. The fourth-order valence-electron chi connectivity index (χ4n) is 4.52. The van der Waals surface area contributed by atoms with Crippen LogP contribution in [-0.4, -0.2) is 39.2 Å². The normalized spacial score (nSPS) is 16.3. The van der Waals surface area contributed by atoms with Crippen molar-refractivity contribution in [3.63, 3.8) is 0 Å². The first-order valence-electron chi connectivity index (χ1n) is 11.5. The standard InChI is InChI=1S/C28H27N5O/c1-19-25-10-12-31-27(25)9-8-26(19)32-28-22(15-30-16-23(28)14-29)7-6-20-2-4-21(5-3-20)17-33-13-11-24(34)18-33/h2-10,12,15-16,24,31,34H,11,13,17-18H2,1H3,(H,30,32)/b7-6+. The number of benzene rings is 2. The molecule has 5 rings (SSSR count). The molecule has 3 heterocycles. The van der Waals surface area contributed by atoms with Crippen LogP contribution in [-0.2, 0) is 6.54 Å². The number of nitrogens with one attached hydrogen (secondary N) is 2. The quantitative estimate of drug-likeness (QED) is 0.375. The Balaban J connectivity index is 1.37. The smallest absolute Gasteiger partial charge is 0.103 e. The van der Waals surface area contributed by atoms with Gasteiger partial charge in [-0.05, 0) is 48.2 Å². The molecule has 2 aromatic heterocycles. The van der Waals surface area contributed by atoms with E-state index < -0.39 is 0 Å². The molecular weight excluding hydrogens is 422 g/mol. The lowest BCUT2D eigenvalue weighted by Crippen LogP contribution is -2.21. The molecule has 2 aromatic carbocycles. The number of hydrogen-bond donors (Lipinski definition) is 3. The molecule has 1 aliphatic rings. The average Bonchev–Trinajstić information content (AvgIpc) is 3.50. The molecule has 6 nitrogen and oxygen atoms in total. The molecule has 4 aromatic rings. The largest absolute Gasteiger partial charge is 0.392 e. The summed E-state index contributed by atoms with van der Waals surface area (Å²) in [6, 6.07) is 16.8. The third-order valence-electron chi connectivity index (χ3n) is 6.45. The number of rotatable bonds is 6. The van der Waals surface area contributed by atoms with Gasteiger partial charge in [0, 0.05) is 60.4 Å². The molecule has 0 saturated carbocycles. The lowest BCUT2D eigenvalue weighted by molar-refractivity contribution is 0.175. The first-order chi connectivity index (χ1) is 16.6. The van der Waals surface area contributed by atoms with E-state index in [4.69, 9.17) is 0 Å². The van der Waals surface area contributed by atoms with E-state index in [1.54, 1.807) is 12.4 Å². The molecule has 0 aliphatic carbocycles. The predicted molar refractivity (Wildman–Crippen MR) is 137 cm³/mol. The predicted octanol–water partition coefficient (Wildman–Crippen LogP) is 5.22. The van der Waals surface area contributed by atoms with Gasteiger partial charge in [-0.2, -0.15) is 5.26 Å². The first-order valence-corrected chi connectivity index (χ1v) is 11.5. The number of aliphatic hydroxyl groups is 1. The summed E-state index contributed by atoms with van der Waals surface area (Å²) in [6.45, 7) is 4.62. The molecular formula is C28H27N5O. The van der Waals surface area contributed by atoms with Gasteiger partial charge in [0.25, 0.3) is 0 Å². The first kappa shape index (κ1) is 21.9. The van der Waals surface area contributed by atoms with Gasteiger partial charge in [-0.25, -0.2) is 0 Å². The van der Waals surface area contributed by atoms with Gasteiger partial charge < -0.3 is 15.4 Å². The number of nitrogens with zero attached hydrogens (tertiary/aromatic N) is 3. The summed E-state index contributed by atoms with van der Waals surface area (Å²) in [5.74, 6) is 0. The zero-order chi connectivity index (χ0) is 23.5. The lowest BCUT2D eigenvalue weighted by atomic mass is 10.1. The van der Waals surface area contributed by atoms with Gasteiger partial charge in [0.15, 0.2) is 0 Å². The van der Waals surface area contributed by atoms with Gasteiger partial charge in [-0.1, -0.05) is 36.4 Å². The van der Waals surface area contributed by atoms with Gasteiger partial charge in [0.05, 0.1) is 17.4 Å². The lowest BCUT2D eigenvalue weighted by Gasteiger charge is -2.15. The van der Waals surface area contributed by atoms with Gasteiger partial charge in [-0.3, -0.25) is 9.88 Å². The van der Waals surface area contributed by atoms with Crippen LogP contribution in [0.3, 0.4) is 0 Å². The Kier molecular flexibility index (Phi) is 6.13. The van der Waals surface area contributed by atoms with E-state index in [-0.39, 0.29) is 6.10 Å². The van der Waals surface area contributed by atoms with Crippen LogP contribution in [0.2, 0.25) is 0 Å². The number of aromatic nitrogens is 2. The van der Waals surface area contributed by atoms with Crippen LogP contribution in [0.1, 0.15) is 34.2 Å². The van der Waals surface area contributed by atoms with Gasteiger partial charge >= 0.3 is 0 Å². The number of aliphatic hydroxyl groups excluding tert-OH is 1. The van der Waals surface area contributed by atoms with E-state index in [0.717, 1.165) is 65.0 Å². The van der Waals surface area contributed by atoms with Crippen molar-refractivity contribution in [2.45, 2.75) is 26.0 Å². The highest BCUT2D eigenvalue weighted by Gasteiger charge is 2.19. The van der Waals surface area contributed by atoms with Crippen LogP contribution >= 0.6 is 0 Å². The maximum absolute atomic E-state index is 9.72. The zero-order valence-corrected chi connectivity index (χ0v) is 19.1. The van der Waals surface area contributed by atoms with Gasteiger partial charge in [-0.15, -0.1) is 0 Å². The summed E-state index contributed by atoms with van der Waals surface area (Å²) in [6.07, 6.45) is 9.98. The third kappa shape index (κ3) is 4.58. The van der Waals surface area contributed by atoms with Crippen molar-refractivity contribution in [2.24, 2.45) is 0 Å². The summed E-state index contributed by atoms with van der Waals surface area (Å²) < 4.78 is 0. The van der Waals surface area contributed by atoms with Crippen LogP contribution in [0.15, 0.2) is 61.1 Å². The Bertz CT molecular complexity index is 1380. The minimum atomic E-state index is -0.198. The molecule has 1 atom stereocenters. The number of H-pyrrole nitrogens is 1. The number of β-amino-alcohol motifs (C(OH)–C–C–N with tert-alkyl or cyclic N) is 1. The minimum Gasteiger partial charge on any atom is -0.392 e. The molecule has 0 spiro atoms. The highest BCUT2D eigenvalue weighted by Crippen LogP contribution is 2.31. The number of aromatic amines is 1. The molecule has 0 radical (unpaired) electrons. The fourth-order valence-corrected chi connectivity index (χ4v) is 4.52. The molecule has 1 fully saturated rings. The Morgan fingerprint density at radius 3 is 2.79 bits per heavy atom. The number of hydrogen-bond acceptors (Lipinski definition) is 5. The van der Waals surface area contributed by atoms with Crippen LogP contribution in [0.4, 0.5) is 11.4 Å². The summed E-state index contributed by atoms with van der Waals surface area (Å²) in [5, 5.41) is 24.1. The maximum Gasteiger partial charge on any atom is 0.103 e. The molecule has 1 aliphatic heterocycles. The molecule has 170 valence electrons. The van der Waals surface area contributed by atoms with Crippen molar-refractivity contribution in [1.82, 2.24) is 14.9 Å². The number of fused-ring (bicyclic) bond motifs is 1. The van der Waals surface area contributed by atoms with E-state index in [1.807, 2.05) is 30.5 Å². The van der Waals surface area contributed by atoms with E-state index in [1.165, 1.54) is 5.56 Å². The van der Waals surface area contributed by atoms with Crippen molar-refractivity contribution >= 4 is 34.4 Å². The Hall–Kier alpha value is -3.92. The molecule has 3 N–H and O–H groups in total. The van der Waals surface area contributed by atoms with E-state index in [9.17, 15) is 10.4 Å². The highest BCUT2D eigenvalue weighted by molar-refractivity contribution is 5.90. The zero-order valence-electron chi connectivity index (χ0n) is 19.1. The van der Waals surface area contributed by atoms with E-state index >= 15 is 0 Å². The summed E-state index contributed by atoms with van der Waals surface area (Å²) in [5.41, 5.74) is 7.57. The number of pyridine rings is 1. The van der Waals surface area contributed by atoms with Crippen molar-refractivity contribution < 1.29 is 5.11 Å². The summed E-state index contributed by atoms with van der Waals surface area (Å²) in [4.78, 5) is 9.78. The van der Waals surface area contributed by atoms with Crippen LogP contribution in [0, 0.1) is 18.3 Å². The second-order valence-corrected chi connectivity index (χ2v) is 8.82. The topological polar surface area (TPSA) is 88.0 Å². The Morgan fingerprint density at radius 2 is 2.03 bits per heavy atom. The minimum absolute atomic E-state index is 0.198. The monoisotopic (exact) mass is 449 g/mol. The fraction of sp³-hybridized carbons (Fsp3) is 0.214. The van der Waals surface area contributed by atoms with Crippen molar-refractivity contribution in [3.8, 4) is 6.07 Å². The number of anilines is 2. The second kappa shape index (κ2) is 9.52. The van der Waals surface area contributed by atoms with Crippen LogP contribution < -0.4 is 5.32 Å². The molecule has 34 heavy (non-hydrogen) atoms. The van der Waals surface area contributed by atoms with Crippen molar-refractivity contribution in [2.75, 3.05) is 18.4 Å². The van der Waals surface area contributed by atoms with Gasteiger partial charge in [0.1, 0.15) is 6.07 Å².